The van der Waals surface area contributed by atoms with E-state index in [4.69, 9.17) is 14.4 Å². The first-order valence-corrected chi connectivity index (χ1v) is 17.9. The van der Waals surface area contributed by atoms with Crippen LogP contribution in [0.1, 0.15) is 0 Å². The molecule has 4 heterocycles. The van der Waals surface area contributed by atoms with E-state index >= 15 is 0 Å². The lowest BCUT2D eigenvalue weighted by Gasteiger charge is -2.12. The Bertz CT molecular complexity index is 3460. The maximum Gasteiger partial charge on any atom is 0.236 e. The third kappa shape index (κ3) is 4.02. The SMILES string of the molecule is c1ccc(-n2c3ccccc3c3ccc(-c4nc(-n5c6cc7ccccc7cc6c6ccc7ccccc7c65)nc5c4oc4ccccc45)cc32)cc1. The number of rotatable bonds is 3. The zero-order valence-electron chi connectivity index (χ0n) is 28.4. The van der Waals surface area contributed by atoms with E-state index in [9.17, 15) is 0 Å². The summed E-state index contributed by atoms with van der Waals surface area (Å²) in [6, 6.07) is 60.2. The topological polar surface area (TPSA) is 48.8 Å². The Morgan fingerprint density at radius 3 is 1.94 bits per heavy atom. The average Bonchev–Trinajstić information content (AvgIpc) is 3.87. The summed E-state index contributed by atoms with van der Waals surface area (Å²) in [4.78, 5) is 10.9. The molecular weight excluding hydrogens is 649 g/mol. The van der Waals surface area contributed by atoms with Crippen molar-refractivity contribution in [1.82, 2.24) is 19.1 Å². The Kier molecular flexibility index (Phi) is 5.71. The second-order valence-electron chi connectivity index (χ2n) is 13.8. The predicted octanol–water partition coefficient (Wildman–Crippen LogP) is 12.5. The molecule has 0 aliphatic carbocycles. The van der Waals surface area contributed by atoms with Crippen LogP contribution in [-0.2, 0) is 0 Å². The second-order valence-corrected chi connectivity index (χ2v) is 13.8. The summed E-state index contributed by atoms with van der Waals surface area (Å²) in [6.07, 6.45) is 0. The molecule has 5 heteroatoms. The van der Waals surface area contributed by atoms with Crippen molar-refractivity contribution in [2.75, 3.05) is 0 Å². The van der Waals surface area contributed by atoms with Gasteiger partial charge in [-0.1, -0.05) is 121 Å². The Morgan fingerprint density at radius 2 is 1.08 bits per heavy atom. The van der Waals surface area contributed by atoms with Gasteiger partial charge in [-0.2, -0.15) is 0 Å². The third-order valence-electron chi connectivity index (χ3n) is 10.9. The maximum absolute atomic E-state index is 6.66. The van der Waals surface area contributed by atoms with E-state index in [1.165, 1.54) is 37.7 Å². The quantitative estimate of drug-likeness (QED) is 0.187. The molecule has 5 nitrogen and oxygen atoms in total. The van der Waals surface area contributed by atoms with Crippen LogP contribution in [-0.4, -0.2) is 19.1 Å². The van der Waals surface area contributed by atoms with Crippen LogP contribution in [0.15, 0.2) is 174 Å². The lowest BCUT2D eigenvalue weighted by Crippen LogP contribution is -2.03. The standard InChI is InChI=1S/C48H28N4O/c1-2-15-33(16-3-1)51-40-20-10-8-18-35(40)36-24-23-32(28-41(36)51)44-47-45(38-19-9-11-21-43(38)53-47)50-48(49-44)52-42-27-31-14-5-4-13-30(31)26-39(42)37-25-22-29-12-6-7-17-34(29)46(37)52/h1-28H. The lowest BCUT2D eigenvalue weighted by atomic mass is 10.0. The molecule has 12 aromatic rings. The lowest BCUT2D eigenvalue weighted by molar-refractivity contribution is 0.666. The van der Waals surface area contributed by atoms with Gasteiger partial charge in [0, 0.05) is 43.6 Å². The van der Waals surface area contributed by atoms with Crippen molar-refractivity contribution in [2.24, 2.45) is 0 Å². The fraction of sp³-hybridized carbons (Fsp3) is 0. The van der Waals surface area contributed by atoms with Gasteiger partial charge in [-0.05, 0) is 64.7 Å². The van der Waals surface area contributed by atoms with Gasteiger partial charge in [-0.3, -0.25) is 4.57 Å². The number of aromatic nitrogens is 4. The molecule has 0 aliphatic rings. The van der Waals surface area contributed by atoms with Crippen molar-refractivity contribution >= 4 is 87.2 Å². The molecule has 0 radical (unpaired) electrons. The number of fused-ring (bicyclic) bond motifs is 12. The van der Waals surface area contributed by atoms with Gasteiger partial charge in [0.05, 0.1) is 22.1 Å². The number of furan rings is 1. The molecule has 0 aliphatic heterocycles. The summed E-state index contributed by atoms with van der Waals surface area (Å²) in [5.74, 6) is 0.606. The van der Waals surface area contributed by atoms with Crippen LogP contribution in [0.2, 0.25) is 0 Å². The molecule has 0 spiro atoms. The van der Waals surface area contributed by atoms with Crippen LogP contribution >= 0.6 is 0 Å². The molecule has 8 aromatic carbocycles. The van der Waals surface area contributed by atoms with E-state index in [1.54, 1.807) is 0 Å². The number of para-hydroxylation sites is 3. The molecule has 12 rings (SSSR count). The van der Waals surface area contributed by atoms with Crippen molar-refractivity contribution in [3.05, 3.63) is 170 Å². The summed E-state index contributed by atoms with van der Waals surface area (Å²) < 4.78 is 11.3. The second kappa shape index (κ2) is 10.6. The summed E-state index contributed by atoms with van der Waals surface area (Å²) >= 11 is 0. The molecule has 0 saturated heterocycles. The zero-order valence-corrected chi connectivity index (χ0v) is 28.4. The van der Waals surface area contributed by atoms with Gasteiger partial charge in [-0.25, -0.2) is 9.97 Å². The molecule has 0 saturated carbocycles. The van der Waals surface area contributed by atoms with Crippen molar-refractivity contribution in [1.29, 1.82) is 0 Å². The van der Waals surface area contributed by atoms with E-state index in [2.05, 4.69) is 161 Å². The van der Waals surface area contributed by atoms with Crippen LogP contribution in [0.3, 0.4) is 0 Å². The van der Waals surface area contributed by atoms with Gasteiger partial charge < -0.3 is 8.98 Å². The molecule has 0 bridgehead atoms. The van der Waals surface area contributed by atoms with Gasteiger partial charge >= 0.3 is 0 Å². The fourth-order valence-electron chi connectivity index (χ4n) is 8.52. The first-order valence-electron chi connectivity index (χ1n) is 17.9. The third-order valence-corrected chi connectivity index (χ3v) is 10.9. The molecule has 0 fully saturated rings. The van der Waals surface area contributed by atoms with Gasteiger partial charge in [-0.15, -0.1) is 0 Å². The van der Waals surface area contributed by atoms with Gasteiger partial charge in [0.1, 0.15) is 16.8 Å². The monoisotopic (exact) mass is 676 g/mol. The number of benzene rings is 8. The zero-order chi connectivity index (χ0) is 34.6. The highest BCUT2D eigenvalue weighted by atomic mass is 16.3. The highest BCUT2D eigenvalue weighted by Gasteiger charge is 2.23. The predicted molar refractivity (Wildman–Crippen MR) is 218 cm³/mol. The van der Waals surface area contributed by atoms with Crippen molar-refractivity contribution in [3.8, 4) is 22.9 Å². The summed E-state index contributed by atoms with van der Waals surface area (Å²) in [5.41, 5.74) is 9.49. The normalized spacial score (nSPS) is 12.2. The van der Waals surface area contributed by atoms with E-state index in [0.29, 0.717) is 11.5 Å². The highest BCUT2D eigenvalue weighted by Crippen LogP contribution is 2.41. The van der Waals surface area contributed by atoms with Crippen LogP contribution in [0.5, 0.6) is 0 Å². The summed E-state index contributed by atoms with van der Waals surface area (Å²) in [5, 5.41) is 10.4. The minimum absolute atomic E-state index is 0.606. The van der Waals surface area contributed by atoms with Crippen molar-refractivity contribution in [3.63, 3.8) is 0 Å². The first kappa shape index (κ1) is 28.5. The molecule has 0 atom stereocenters. The molecule has 53 heavy (non-hydrogen) atoms. The van der Waals surface area contributed by atoms with Gasteiger partial charge in [0.25, 0.3) is 0 Å². The van der Waals surface area contributed by atoms with Gasteiger partial charge in [0.2, 0.25) is 5.95 Å². The summed E-state index contributed by atoms with van der Waals surface area (Å²) in [6.45, 7) is 0. The molecular formula is C48H28N4O. The number of nitrogens with zero attached hydrogens (tertiary/aromatic N) is 4. The number of hydrogen-bond donors (Lipinski definition) is 0. The summed E-state index contributed by atoms with van der Waals surface area (Å²) in [7, 11) is 0. The molecule has 0 amide bonds. The Hall–Kier alpha value is -7.24. The van der Waals surface area contributed by atoms with Crippen LogP contribution in [0.4, 0.5) is 0 Å². The van der Waals surface area contributed by atoms with E-state index in [1.807, 2.05) is 18.2 Å². The Balaban J connectivity index is 1.23. The minimum Gasteiger partial charge on any atom is -0.452 e. The van der Waals surface area contributed by atoms with Crippen LogP contribution < -0.4 is 0 Å². The maximum atomic E-state index is 6.66. The Labute approximate surface area is 302 Å². The fourth-order valence-corrected chi connectivity index (χ4v) is 8.52. The smallest absolute Gasteiger partial charge is 0.236 e. The molecule has 0 unspecified atom stereocenters. The van der Waals surface area contributed by atoms with Crippen LogP contribution in [0.25, 0.3) is 110 Å². The van der Waals surface area contributed by atoms with E-state index < -0.39 is 0 Å². The number of hydrogen-bond acceptors (Lipinski definition) is 3. The van der Waals surface area contributed by atoms with Gasteiger partial charge in [0.15, 0.2) is 5.58 Å². The van der Waals surface area contributed by atoms with E-state index in [-0.39, 0.29) is 0 Å². The average molecular weight is 677 g/mol. The minimum atomic E-state index is 0.606. The largest absolute Gasteiger partial charge is 0.452 e. The highest BCUT2D eigenvalue weighted by molar-refractivity contribution is 6.21. The van der Waals surface area contributed by atoms with Crippen molar-refractivity contribution in [2.45, 2.75) is 0 Å². The molecule has 4 aromatic heterocycles. The van der Waals surface area contributed by atoms with Crippen LogP contribution in [0, 0.1) is 0 Å². The van der Waals surface area contributed by atoms with E-state index in [0.717, 1.165) is 60.9 Å². The molecule has 0 N–H and O–H groups in total. The molecule has 246 valence electrons. The first-order chi connectivity index (χ1) is 26.3. The Morgan fingerprint density at radius 1 is 0.415 bits per heavy atom. The van der Waals surface area contributed by atoms with Crippen molar-refractivity contribution < 1.29 is 4.42 Å².